The molecule has 0 heterocycles. The van der Waals surface area contributed by atoms with Crippen LogP contribution >= 0.6 is 0 Å². The molecule has 31 heavy (non-hydrogen) atoms. The predicted molar refractivity (Wildman–Crippen MR) is 139 cm³/mol. The Kier molecular flexibility index (Phi) is 6.43. The molecule has 0 amide bonds. The van der Waals surface area contributed by atoms with Crippen molar-refractivity contribution in [2.75, 3.05) is 0 Å². The lowest BCUT2D eigenvalue weighted by Gasteiger charge is -2.36. The maximum absolute atomic E-state index is 2.56. The zero-order valence-corrected chi connectivity index (χ0v) is 20.4. The third-order valence-electron chi connectivity index (χ3n) is 6.60. The lowest BCUT2D eigenvalue weighted by molar-refractivity contribution is 0.798. The minimum absolute atomic E-state index is 1.07. The molecule has 0 nitrogen and oxygen atoms in total. The number of aryl methyl sites for hydroxylation is 3. The lowest BCUT2D eigenvalue weighted by Crippen LogP contribution is -2.68. The molecule has 0 aromatic heterocycles. The van der Waals surface area contributed by atoms with Gasteiger partial charge in [-0.05, 0) is 55.6 Å². The van der Waals surface area contributed by atoms with Gasteiger partial charge >= 0.3 is 0 Å². The van der Waals surface area contributed by atoms with E-state index in [1.807, 2.05) is 0 Å². The molecule has 0 atom stereocenters. The van der Waals surface area contributed by atoms with Gasteiger partial charge in [-0.25, -0.2) is 0 Å². The van der Waals surface area contributed by atoms with Crippen LogP contribution in [0.15, 0.2) is 95.7 Å². The van der Waals surface area contributed by atoms with E-state index < -0.39 is 8.07 Å². The Hall–Kier alpha value is -2.64. The van der Waals surface area contributed by atoms with E-state index in [2.05, 4.69) is 113 Å². The normalized spacial score (nSPS) is 13.8. The summed E-state index contributed by atoms with van der Waals surface area (Å²) in [5, 5.41) is 6.13. The molecule has 0 fully saturated rings. The van der Waals surface area contributed by atoms with Crippen LogP contribution in [0, 0.1) is 20.8 Å². The number of unbranched alkanes of at least 4 members (excludes halogenated alkanes) is 1. The Morgan fingerprint density at radius 3 is 1.61 bits per heavy atom. The molecule has 1 heteroatoms. The molecule has 0 radical (unpaired) electrons. The van der Waals surface area contributed by atoms with Crippen molar-refractivity contribution in [1.29, 1.82) is 0 Å². The highest BCUT2D eigenvalue weighted by Crippen LogP contribution is 2.30. The highest BCUT2D eigenvalue weighted by atomic mass is 28.3. The number of benzene rings is 3. The predicted octanol–water partition coefficient (Wildman–Crippen LogP) is 6.07. The van der Waals surface area contributed by atoms with Crippen LogP contribution in [0.3, 0.4) is 0 Å². The van der Waals surface area contributed by atoms with Gasteiger partial charge < -0.3 is 0 Å². The van der Waals surface area contributed by atoms with Crippen LogP contribution in [-0.2, 0) is 0 Å². The molecule has 3 aromatic carbocycles. The average molecular weight is 423 g/mol. The van der Waals surface area contributed by atoms with Gasteiger partial charge in [0, 0.05) is 0 Å². The third kappa shape index (κ3) is 4.25. The molecule has 158 valence electrons. The number of rotatable bonds is 7. The quantitative estimate of drug-likeness (QED) is 0.320. The molecule has 0 aliphatic heterocycles. The molecule has 0 N–H and O–H groups in total. The molecule has 0 saturated carbocycles. The SMILES string of the molecule is CCCCC1=CCC([Si](c2cccc(C)c2)(c2cccc(C)c2)c2cccc(C)c2)=C1. The van der Waals surface area contributed by atoms with Crippen LogP contribution in [0.4, 0.5) is 0 Å². The van der Waals surface area contributed by atoms with Crippen LogP contribution in [0.5, 0.6) is 0 Å². The third-order valence-corrected chi connectivity index (χ3v) is 11.4. The van der Waals surface area contributed by atoms with E-state index in [0.29, 0.717) is 0 Å². The molecular weight excluding hydrogens is 388 g/mol. The minimum Gasteiger partial charge on any atom is -0.0776 e. The van der Waals surface area contributed by atoms with Gasteiger partial charge in [-0.15, -0.1) is 0 Å². The first-order valence-electron chi connectivity index (χ1n) is 11.7. The lowest BCUT2D eigenvalue weighted by atomic mass is 10.1. The largest absolute Gasteiger partial charge is 0.175 e. The molecule has 1 aliphatic carbocycles. The van der Waals surface area contributed by atoms with Crippen molar-refractivity contribution in [3.05, 3.63) is 112 Å². The second-order valence-electron chi connectivity index (χ2n) is 9.11. The summed E-state index contributed by atoms with van der Waals surface area (Å²) in [6.07, 6.45) is 9.84. The molecule has 0 bridgehead atoms. The van der Waals surface area contributed by atoms with Crippen molar-refractivity contribution in [2.45, 2.75) is 53.4 Å². The first-order valence-corrected chi connectivity index (χ1v) is 13.7. The van der Waals surface area contributed by atoms with E-state index in [4.69, 9.17) is 0 Å². The zero-order valence-electron chi connectivity index (χ0n) is 19.4. The summed E-state index contributed by atoms with van der Waals surface area (Å²) in [4.78, 5) is 0. The summed E-state index contributed by atoms with van der Waals surface area (Å²) in [5.41, 5.74) is 5.55. The second-order valence-corrected chi connectivity index (χ2v) is 13.0. The van der Waals surface area contributed by atoms with Crippen molar-refractivity contribution in [3.8, 4) is 0 Å². The summed E-state index contributed by atoms with van der Waals surface area (Å²) in [5.74, 6) is 0. The highest BCUT2D eigenvalue weighted by molar-refractivity contribution is 7.16. The number of hydrogen-bond donors (Lipinski definition) is 0. The first-order chi connectivity index (χ1) is 15.0. The number of hydrogen-bond acceptors (Lipinski definition) is 0. The summed E-state index contributed by atoms with van der Waals surface area (Å²) >= 11 is 0. The Morgan fingerprint density at radius 2 is 1.19 bits per heavy atom. The Bertz CT molecular complexity index is 1020. The molecule has 0 spiro atoms. The maximum Gasteiger partial charge on any atom is 0.175 e. The van der Waals surface area contributed by atoms with Crippen LogP contribution in [0.1, 0.15) is 49.3 Å². The monoisotopic (exact) mass is 422 g/mol. The highest BCUT2D eigenvalue weighted by Gasteiger charge is 2.43. The maximum atomic E-state index is 2.56. The fourth-order valence-electron chi connectivity index (χ4n) is 5.09. The molecule has 1 aliphatic rings. The van der Waals surface area contributed by atoms with Crippen molar-refractivity contribution in [3.63, 3.8) is 0 Å². The molecular formula is C30H34Si. The average Bonchev–Trinajstić information content (AvgIpc) is 3.22. The van der Waals surface area contributed by atoms with Crippen LogP contribution < -0.4 is 15.6 Å². The first kappa shape index (κ1) is 21.6. The van der Waals surface area contributed by atoms with Gasteiger partial charge in [0.15, 0.2) is 8.07 Å². The standard InChI is InChI=1S/C30H34Si/c1-5-6-13-26-17-18-30(22-26)31(27-14-7-10-23(2)19-27,28-15-8-11-24(3)20-28)29-16-9-12-25(4)21-29/h7-12,14-17,19-22H,5-6,13,18H2,1-4H3. The smallest absolute Gasteiger partial charge is 0.0776 e. The van der Waals surface area contributed by atoms with Crippen molar-refractivity contribution >= 4 is 23.6 Å². The fourth-order valence-corrected chi connectivity index (χ4v) is 10.4. The molecule has 3 aromatic rings. The van der Waals surface area contributed by atoms with Gasteiger partial charge in [0.05, 0.1) is 0 Å². The number of allylic oxidation sites excluding steroid dienone is 4. The van der Waals surface area contributed by atoms with E-state index in [0.717, 1.165) is 6.42 Å². The fraction of sp³-hybridized carbons (Fsp3) is 0.267. The Labute approximate surface area is 189 Å². The van der Waals surface area contributed by atoms with Crippen LogP contribution in [0.2, 0.25) is 0 Å². The van der Waals surface area contributed by atoms with E-state index in [1.54, 1.807) is 5.20 Å². The summed E-state index contributed by atoms with van der Waals surface area (Å²) in [6.45, 7) is 8.96. The second kappa shape index (κ2) is 9.24. The van der Waals surface area contributed by atoms with Gasteiger partial charge in [0.1, 0.15) is 0 Å². The minimum atomic E-state index is -2.36. The van der Waals surface area contributed by atoms with Crippen molar-refractivity contribution in [2.24, 2.45) is 0 Å². The van der Waals surface area contributed by atoms with Crippen LogP contribution in [-0.4, -0.2) is 8.07 Å². The molecule has 0 unspecified atom stereocenters. The Morgan fingerprint density at radius 1 is 0.710 bits per heavy atom. The van der Waals surface area contributed by atoms with E-state index >= 15 is 0 Å². The topological polar surface area (TPSA) is 0 Å². The van der Waals surface area contributed by atoms with Crippen molar-refractivity contribution < 1.29 is 0 Å². The summed E-state index contributed by atoms with van der Waals surface area (Å²) in [7, 11) is -2.36. The van der Waals surface area contributed by atoms with E-state index in [1.165, 1.54) is 57.1 Å². The Balaban J connectivity index is 2.03. The van der Waals surface area contributed by atoms with Gasteiger partial charge in [0.2, 0.25) is 0 Å². The zero-order chi connectivity index (χ0) is 21.8. The van der Waals surface area contributed by atoms with Crippen molar-refractivity contribution in [1.82, 2.24) is 0 Å². The van der Waals surface area contributed by atoms with Gasteiger partial charge in [-0.2, -0.15) is 0 Å². The summed E-state index contributed by atoms with van der Waals surface area (Å²) < 4.78 is 0. The molecule has 4 rings (SSSR count). The van der Waals surface area contributed by atoms with Crippen LogP contribution in [0.25, 0.3) is 0 Å². The van der Waals surface area contributed by atoms with E-state index in [9.17, 15) is 0 Å². The van der Waals surface area contributed by atoms with Gasteiger partial charge in [0.25, 0.3) is 0 Å². The van der Waals surface area contributed by atoms with Gasteiger partial charge in [-0.1, -0.05) is 126 Å². The summed E-state index contributed by atoms with van der Waals surface area (Å²) in [6, 6.07) is 27.9. The molecule has 0 saturated heterocycles. The van der Waals surface area contributed by atoms with E-state index in [-0.39, 0.29) is 0 Å². The van der Waals surface area contributed by atoms with Gasteiger partial charge in [-0.3, -0.25) is 0 Å².